The van der Waals surface area contributed by atoms with Gasteiger partial charge in [0, 0.05) is 5.56 Å². The topological polar surface area (TPSA) is 38.3 Å². The molecule has 0 saturated carbocycles. The molecule has 0 aliphatic rings. The fourth-order valence-electron chi connectivity index (χ4n) is 2.09. The molecular weight excluding hydrogens is 274 g/mol. The van der Waals surface area contributed by atoms with Gasteiger partial charge in [0.05, 0.1) is 6.04 Å². The quantitative estimate of drug-likeness (QED) is 0.911. The highest BCUT2D eigenvalue weighted by molar-refractivity contribution is 5.94. The van der Waals surface area contributed by atoms with Gasteiger partial charge < -0.3 is 10.1 Å². The summed E-state index contributed by atoms with van der Waals surface area (Å²) in [6.45, 7) is 8.47. The molecular formula is C19H23NO2. The van der Waals surface area contributed by atoms with Gasteiger partial charge in [-0.05, 0) is 63.1 Å². The van der Waals surface area contributed by atoms with E-state index in [0.29, 0.717) is 12.2 Å². The Hall–Kier alpha value is -2.29. The lowest BCUT2D eigenvalue weighted by molar-refractivity contribution is 0.0926. The molecule has 2 rings (SSSR count). The lowest BCUT2D eigenvalue weighted by Crippen LogP contribution is -2.36. The lowest BCUT2D eigenvalue weighted by atomic mass is 10.1. The van der Waals surface area contributed by atoms with E-state index < -0.39 is 0 Å². The largest absolute Gasteiger partial charge is 0.491 e. The molecule has 2 aromatic rings. The van der Waals surface area contributed by atoms with E-state index in [1.807, 2.05) is 70.2 Å². The maximum atomic E-state index is 12.2. The van der Waals surface area contributed by atoms with Gasteiger partial charge >= 0.3 is 0 Å². The Morgan fingerprint density at radius 2 is 1.73 bits per heavy atom. The molecule has 0 unspecified atom stereocenters. The number of rotatable bonds is 5. The summed E-state index contributed by atoms with van der Waals surface area (Å²) < 4.78 is 5.69. The molecule has 0 aliphatic heterocycles. The molecule has 3 heteroatoms. The second-order valence-corrected chi connectivity index (χ2v) is 5.80. The monoisotopic (exact) mass is 297 g/mol. The number of hydrogen-bond donors (Lipinski definition) is 1. The minimum atomic E-state index is -0.0666. The Morgan fingerprint density at radius 1 is 1.05 bits per heavy atom. The molecule has 3 nitrogen and oxygen atoms in total. The van der Waals surface area contributed by atoms with Crippen LogP contribution < -0.4 is 10.1 Å². The Bertz CT molecular complexity index is 647. The third-order valence-corrected chi connectivity index (χ3v) is 3.67. The number of benzene rings is 2. The molecule has 116 valence electrons. The van der Waals surface area contributed by atoms with E-state index in [-0.39, 0.29) is 11.9 Å². The third kappa shape index (κ3) is 4.35. The normalized spacial score (nSPS) is 11.8. The third-order valence-electron chi connectivity index (χ3n) is 3.67. The van der Waals surface area contributed by atoms with Gasteiger partial charge in [-0.2, -0.15) is 0 Å². The van der Waals surface area contributed by atoms with Crippen LogP contribution in [0, 0.1) is 20.8 Å². The van der Waals surface area contributed by atoms with Crippen molar-refractivity contribution < 1.29 is 9.53 Å². The minimum absolute atomic E-state index is 0.0598. The van der Waals surface area contributed by atoms with Crippen molar-refractivity contribution in [2.75, 3.05) is 6.61 Å². The molecule has 0 radical (unpaired) electrons. The number of ether oxygens (including phenoxy) is 1. The number of carbonyl (C=O) groups excluding carboxylic acids is 1. The maximum Gasteiger partial charge on any atom is 0.251 e. The molecule has 0 saturated heterocycles. The smallest absolute Gasteiger partial charge is 0.251 e. The number of nitrogens with one attached hydrogen (secondary N) is 1. The first-order valence-electron chi connectivity index (χ1n) is 7.53. The molecule has 2 aromatic carbocycles. The minimum Gasteiger partial charge on any atom is -0.491 e. The van der Waals surface area contributed by atoms with Gasteiger partial charge in [0.1, 0.15) is 12.4 Å². The standard InChI is InChI=1S/C19H23NO2/c1-13-5-9-18(10-6-13)22-12-16(4)20-19(21)17-8-7-14(2)15(3)11-17/h5-11,16H,12H2,1-4H3,(H,20,21)/t16-/m0/s1. The van der Waals surface area contributed by atoms with Gasteiger partial charge in [-0.15, -0.1) is 0 Å². The van der Waals surface area contributed by atoms with Crippen LogP contribution in [0.5, 0.6) is 5.75 Å². The average Bonchev–Trinajstić information content (AvgIpc) is 2.49. The van der Waals surface area contributed by atoms with Crippen LogP contribution in [0.2, 0.25) is 0 Å². The van der Waals surface area contributed by atoms with Gasteiger partial charge in [0.15, 0.2) is 0 Å². The molecule has 1 atom stereocenters. The first-order chi connectivity index (χ1) is 10.5. The van der Waals surface area contributed by atoms with Crippen molar-refractivity contribution in [1.82, 2.24) is 5.32 Å². The molecule has 0 heterocycles. The highest BCUT2D eigenvalue weighted by Crippen LogP contribution is 2.12. The molecule has 0 fully saturated rings. The van der Waals surface area contributed by atoms with Gasteiger partial charge in [-0.3, -0.25) is 4.79 Å². The maximum absolute atomic E-state index is 12.2. The summed E-state index contributed by atoms with van der Waals surface area (Å²) in [5.74, 6) is 0.751. The van der Waals surface area contributed by atoms with Crippen LogP contribution in [-0.4, -0.2) is 18.6 Å². The van der Waals surface area contributed by atoms with Crippen molar-refractivity contribution in [1.29, 1.82) is 0 Å². The Balaban J connectivity index is 1.88. The van der Waals surface area contributed by atoms with E-state index in [0.717, 1.165) is 11.3 Å². The van der Waals surface area contributed by atoms with E-state index in [1.54, 1.807) is 0 Å². The van der Waals surface area contributed by atoms with Crippen molar-refractivity contribution in [3.8, 4) is 5.75 Å². The first-order valence-corrected chi connectivity index (χ1v) is 7.53. The van der Waals surface area contributed by atoms with Gasteiger partial charge in [0.25, 0.3) is 5.91 Å². The highest BCUT2D eigenvalue weighted by Gasteiger charge is 2.11. The Kier molecular flexibility index (Phi) is 5.21. The summed E-state index contributed by atoms with van der Waals surface area (Å²) in [5.41, 5.74) is 4.19. The van der Waals surface area contributed by atoms with Gasteiger partial charge in [-0.25, -0.2) is 0 Å². The van der Waals surface area contributed by atoms with E-state index in [1.165, 1.54) is 11.1 Å². The summed E-state index contributed by atoms with van der Waals surface area (Å²) >= 11 is 0. The SMILES string of the molecule is Cc1ccc(OC[C@H](C)NC(=O)c2ccc(C)c(C)c2)cc1. The molecule has 0 aliphatic carbocycles. The Labute approximate surface area is 132 Å². The summed E-state index contributed by atoms with van der Waals surface area (Å²) in [5, 5.41) is 2.96. The number of carbonyl (C=O) groups is 1. The summed E-state index contributed by atoms with van der Waals surface area (Å²) in [4.78, 5) is 12.2. The molecule has 0 bridgehead atoms. The van der Waals surface area contributed by atoms with E-state index in [9.17, 15) is 4.79 Å². The molecule has 22 heavy (non-hydrogen) atoms. The highest BCUT2D eigenvalue weighted by atomic mass is 16.5. The van der Waals surface area contributed by atoms with E-state index in [2.05, 4.69) is 5.32 Å². The zero-order valence-electron chi connectivity index (χ0n) is 13.6. The molecule has 0 aromatic heterocycles. The van der Waals surface area contributed by atoms with Crippen molar-refractivity contribution in [3.05, 3.63) is 64.7 Å². The summed E-state index contributed by atoms with van der Waals surface area (Å²) in [6.07, 6.45) is 0. The summed E-state index contributed by atoms with van der Waals surface area (Å²) in [6, 6.07) is 13.6. The molecule has 1 amide bonds. The van der Waals surface area contributed by atoms with Crippen molar-refractivity contribution >= 4 is 5.91 Å². The van der Waals surface area contributed by atoms with E-state index >= 15 is 0 Å². The van der Waals surface area contributed by atoms with Crippen LogP contribution >= 0.6 is 0 Å². The zero-order valence-corrected chi connectivity index (χ0v) is 13.6. The number of hydrogen-bond acceptors (Lipinski definition) is 2. The molecule has 0 spiro atoms. The van der Waals surface area contributed by atoms with Crippen molar-refractivity contribution in [2.24, 2.45) is 0 Å². The van der Waals surface area contributed by atoms with Crippen LogP contribution in [0.3, 0.4) is 0 Å². The van der Waals surface area contributed by atoms with Gasteiger partial charge in [0.2, 0.25) is 0 Å². The van der Waals surface area contributed by atoms with Crippen LogP contribution in [-0.2, 0) is 0 Å². The molecule has 1 N–H and O–H groups in total. The van der Waals surface area contributed by atoms with Crippen molar-refractivity contribution in [3.63, 3.8) is 0 Å². The number of aryl methyl sites for hydroxylation is 3. The predicted molar refractivity (Wildman–Crippen MR) is 89.5 cm³/mol. The van der Waals surface area contributed by atoms with Crippen LogP contribution in [0.25, 0.3) is 0 Å². The predicted octanol–water partition coefficient (Wildman–Crippen LogP) is 3.81. The van der Waals surface area contributed by atoms with E-state index in [4.69, 9.17) is 4.74 Å². The second-order valence-electron chi connectivity index (χ2n) is 5.80. The lowest BCUT2D eigenvalue weighted by Gasteiger charge is -2.15. The first kappa shape index (κ1) is 16.1. The zero-order chi connectivity index (χ0) is 16.1. The van der Waals surface area contributed by atoms with Gasteiger partial charge in [-0.1, -0.05) is 23.8 Å². The van der Waals surface area contributed by atoms with Crippen LogP contribution in [0.15, 0.2) is 42.5 Å². The fraction of sp³-hybridized carbons (Fsp3) is 0.316. The second kappa shape index (κ2) is 7.12. The fourth-order valence-corrected chi connectivity index (χ4v) is 2.09. The average molecular weight is 297 g/mol. The van der Waals surface area contributed by atoms with Crippen LogP contribution in [0.4, 0.5) is 0 Å². The van der Waals surface area contributed by atoms with Crippen LogP contribution in [0.1, 0.15) is 34.0 Å². The van der Waals surface area contributed by atoms with Crippen molar-refractivity contribution in [2.45, 2.75) is 33.7 Å². The summed E-state index contributed by atoms with van der Waals surface area (Å²) in [7, 11) is 0. The number of amides is 1. The Morgan fingerprint density at radius 3 is 2.36 bits per heavy atom.